The molecule has 6 heteroatoms. The zero-order valence-corrected chi connectivity index (χ0v) is 16.0. The third-order valence-corrected chi connectivity index (χ3v) is 5.88. The van der Waals surface area contributed by atoms with Crippen molar-refractivity contribution in [3.63, 3.8) is 0 Å². The largest absolute Gasteiger partial charge is 0.326 e. The highest BCUT2D eigenvalue weighted by molar-refractivity contribution is 5.98. The minimum atomic E-state index is -0.486. The first-order valence-corrected chi connectivity index (χ1v) is 9.60. The molecule has 0 bridgehead atoms. The molecule has 1 fully saturated rings. The molecule has 1 saturated heterocycles. The predicted molar refractivity (Wildman–Crippen MR) is 103 cm³/mol. The van der Waals surface area contributed by atoms with Crippen LogP contribution in [0.2, 0.25) is 0 Å². The molecule has 0 saturated carbocycles. The second-order valence-corrected chi connectivity index (χ2v) is 7.83. The van der Waals surface area contributed by atoms with Crippen molar-refractivity contribution in [3.05, 3.63) is 29.8 Å². The van der Waals surface area contributed by atoms with Crippen molar-refractivity contribution in [3.8, 4) is 0 Å². The normalized spacial score (nSPS) is 21.6. The van der Waals surface area contributed by atoms with Gasteiger partial charge in [-0.3, -0.25) is 9.69 Å². The fraction of sp³-hybridized carbons (Fsp3) is 0.600. The van der Waals surface area contributed by atoms with E-state index in [2.05, 4.69) is 36.3 Å². The summed E-state index contributed by atoms with van der Waals surface area (Å²) in [6.07, 6.45) is 2.48. The number of urea groups is 1. The van der Waals surface area contributed by atoms with Gasteiger partial charge in [-0.1, -0.05) is 25.1 Å². The average molecular weight is 358 g/mol. The van der Waals surface area contributed by atoms with Crippen molar-refractivity contribution in [2.24, 2.45) is 0 Å². The highest BCUT2D eigenvalue weighted by Crippen LogP contribution is 2.22. The molecule has 3 rings (SSSR count). The number of nitrogens with one attached hydrogen (secondary N) is 2. The fourth-order valence-electron chi connectivity index (χ4n) is 3.63. The quantitative estimate of drug-likeness (QED) is 0.872. The maximum Gasteiger partial charge on any atom is 0.318 e. The molecule has 2 aliphatic rings. The molecule has 0 radical (unpaired) electrons. The zero-order chi connectivity index (χ0) is 18.7. The number of hydrogen-bond acceptors (Lipinski definition) is 3. The van der Waals surface area contributed by atoms with E-state index in [-0.39, 0.29) is 17.5 Å². The Balaban J connectivity index is 1.55. The van der Waals surface area contributed by atoms with Crippen LogP contribution < -0.4 is 10.6 Å². The maximum absolute atomic E-state index is 12.6. The van der Waals surface area contributed by atoms with Crippen molar-refractivity contribution in [1.29, 1.82) is 0 Å². The number of fused-ring (bicyclic) bond motifs is 1. The molecule has 142 valence electrons. The van der Waals surface area contributed by atoms with Gasteiger partial charge in [0.05, 0.1) is 0 Å². The molecule has 6 nitrogen and oxygen atoms in total. The van der Waals surface area contributed by atoms with Crippen LogP contribution in [0.3, 0.4) is 0 Å². The van der Waals surface area contributed by atoms with E-state index in [1.165, 1.54) is 0 Å². The maximum atomic E-state index is 12.6. The Hall–Kier alpha value is -2.08. The number of anilines is 1. The van der Waals surface area contributed by atoms with Crippen LogP contribution in [0.25, 0.3) is 0 Å². The van der Waals surface area contributed by atoms with Gasteiger partial charge in [-0.2, -0.15) is 0 Å². The van der Waals surface area contributed by atoms with E-state index < -0.39 is 6.04 Å². The van der Waals surface area contributed by atoms with E-state index in [9.17, 15) is 9.59 Å². The van der Waals surface area contributed by atoms with Gasteiger partial charge in [0, 0.05) is 37.4 Å². The summed E-state index contributed by atoms with van der Waals surface area (Å²) in [6, 6.07) is 7.20. The Morgan fingerprint density at radius 1 is 1.23 bits per heavy atom. The van der Waals surface area contributed by atoms with E-state index in [0.717, 1.165) is 37.2 Å². The van der Waals surface area contributed by atoms with Gasteiger partial charge in [0.1, 0.15) is 6.04 Å². The first-order chi connectivity index (χ1) is 12.4. The van der Waals surface area contributed by atoms with Gasteiger partial charge >= 0.3 is 6.03 Å². The third-order valence-electron chi connectivity index (χ3n) is 5.88. The van der Waals surface area contributed by atoms with Gasteiger partial charge < -0.3 is 15.5 Å². The number of rotatable bonds is 3. The lowest BCUT2D eigenvalue weighted by Crippen LogP contribution is -2.58. The number of carbonyl (C=O) groups excluding carboxylic acids is 2. The number of benzene rings is 1. The van der Waals surface area contributed by atoms with Gasteiger partial charge in [-0.25, -0.2) is 4.79 Å². The van der Waals surface area contributed by atoms with Crippen LogP contribution in [0, 0.1) is 0 Å². The molecule has 1 unspecified atom stereocenters. The van der Waals surface area contributed by atoms with Gasteiger partial charge in [0.2, 0.25) is 5.91 Å². The second-order valence-electron chi connectivity index (χ2n) is 7.83. The van der Waals surface area contributed by atoms with E-state index in [1.54, 1.807) is 0 Å². The Labute approximate surface area is 155 Å². The molecule has 1 aromatic carbocycles. The second kappa shape index (κ2) is 7.66. The minimum absolute atomic E-state index is 0.131. The van der Waals surface area contributed by atoms with Gasteiger partial charge in [-0.15, -0.1) is 0 Å². The van der Waals surface area contributed by atoms with Crippen LogP contribution >= 0.6 is 0 Å². The lowest BCUT2D eigenvalue weighted by atomic mass is 9.98. The Morgan fingerprint density at radius 2 is 1.92 bits per heavy atom. The molecular formula is C20H30N4O2. The molecule has 1 atom stereocenters. The van der Waals surface area contributed by atoms with Crippen LogP contribution in [0.1, 0.15) is 39.2 Å². The summed E-state index contributed by atoms with van der Waals surface area (Å²) >= 11 is 0. The van der Waals surface area contributed by atoms with Crippen LogP contribution in [0.4, 0.5) is 10.5 Å². The SMILES string of the molecule is CCC(C)(C)N1CCN(C(=O)NC2CCc3ccccc3NC2=O)CC1. The molecule has 0 aliphatic carbocycles. The molecule has 26 heavy (non-hydrogen) atoms. The van der Waals surface area contributed by atoms with Gasteiger partial charge in [-0.05, 0) is 44.7 Å². The Bertz CT molecular complexity index is 666. The number of carbonyl (C=O) groups is 2. The van der Waals surface area contributed by atoms with E-state index in [4.69, 9.17) is 0 Å². The molecule has 0 aromatic heterocycles. The molecule has 0 spiro atoms. The van der Waals surface area contributed by atoms with Crippen LogP contribution in [0.5, 0.6) is 0 Å². The standard InChI is InChI=1S/C20H30N4O2/c1-4-20(2,3)24-13-11-23(12-14-24)19(26)22-17-10-9-15-7-5-6-8-16(15)21-18(17)25/h5-8,17H,4,9-14H2,1-3H3,(H,21,25)(H,22,26). The summed E-state index contributed by atoms with van der Waals surface area (Å²) in [4.78, 5) is 29.4. The number of nitrogens with zero attached hydrogens (tertiary/aromatic N) is 2. The lowest BCUT2D eigenvalue weighted by Gasteiger charge is -2.43. The molecule has 2 heterocycles. The first kappa shape index (κ1) is 18.7. The van der Waals surface area contributed by atoms with Crippen LogP contribution in [-0.4, -0.2) is 59.5 Å². The predicted octanol–water partition coefficient (Wildman–Crippen LogP) is 2.46. The van der Waals surface area contributed by atoms with Crippen molar-refractivity contribution in [1.82, 2.24) is 15.1 Å². The summed E-state index contributed by atoms with van der Waals surface area (Å²) in [5, 5.41) is 5.87. The van der Waals surface area contributed by atoms with E-state index >= 15 is 0 Å². The van der Waals surface area contributed by atoms with Crippen molar-refractivity contribution < 1.29 is 9.59 Å². The Kier molecular flexibility index (Phi) is 5.51. The minimum Gasteiger partial charge on any atom is -0.326 e. The monoisotopic (exact) mass is 358 g/mol. The number of hydrogen-bond donors (Lipinski definition) is 2. The molecule has 1 aromatic rings. The lowest BCUT2D eigenvalue weighted by molar-refractivity contribution is -0.118. The third kappa shape index (κ3) is 4.01. The highest BCUT2D eigenvalue weighted by Gasteiger charge is 2.31. The molecule has 3 amide bonds. The Morgan fingerprint density at radius 3 is 2.62 bits per heavy atom. The topological polar surface area (TPSA) is 64.7 Å². The molecular weight excluding hydrogens is 328 g/mol. The number of amides is 3. The summed E-state index contributed by atoms with van der Waals surface area (Å²) in [6.45, 7) is 9.83. The smallest absolute Gasteiger partial charge is 0.318 e. The summed E-state index contributed by atoms with van der Waals surface area (Å²) in [7, 11) is 0. The van der Waals surface area contributed by atoms with Gasteiger partial charge in [0.15, 0.2) is 0 Å². The molecule has 2 N–H and O–H groups in total. The molecule has 2 aliphatic heterocycles. The van der Waals surface area contributed by atoms with Crippen molar-refractivity contribution >= 4 is 17.6 Å². The number of aryl methyl sites for hydroxylation is 1. The fourth-order valence-corrected chi connectivity index (χ4v) is 3.63. The van der Waals surface area contributed by atoms with Crippen LogP contribution in [-0.2, 0) is 11.2 Å². The first-order valence-electron chi connectivity index (χ1n) is 9.60. The van der Waals surface area contributed by atoms with E-state index in [0.29, 0.717) is 19.5 Å². The summed E-state index contributed by atoms with van der Waals surface area (Å²) < 4.78 is 0. The average Bonchev–Trinajstić information content (AvgIpc) is 2.80. The summed E-state index contributed by atoms with van der Waals surface area (Å²) in [5.74, 6) is -0.131. The number of piperazine rings is 1. The number of para-hydroxylation sites is 1. The summed E-state index contributed by atoms with van der Waals surface area (Å²) in [5.41, 5.74) is 2.13. The van der Waals surface area contributed by atoms with Crippen LogP contribution in [0.15, 0.2) is 24.3 Å². The highest BCUT2D eigenvalue weighted by atomic mass is 16.2. The zero-order valence-electron chi connectivity index (χ0n) is 16.0. The van der Waals surface area contributed by atoms with Crippen molar-refractivity contribution in [2.75, 3.05) is 31.5 Å². The van der Waals surface area contributed by atoms with Crippen molar-refractivity contribution in [2.45, 2.75) is 51.6 Å². The van der Waals surface area contributed by atoms with E-state index in [1.807, 2.05) is 29.2 Å². The van der Waals surface area contributed by atoms with Gasteiger partial charge in [0.25, 0.3) is 0 Å².